The van der Waals surface area contributed by atoms with E-state index in [4.69, 9.17) is 15.5 Å². The number of hydrogen-bond donors (Lipinski definition) is 1. The summed E-state index contributed by atoms with van der Waals surface area (Å²) in [5.74, 6) is 2.55. The Morgan fingerprint density at radius 2 is 1.37 bits per heavy atom. The molecule has 2 fully saturated rings. The lowest BCUT2D eigenvalue weighted by Gasteiger charge is -2.48. The largest absolute Gasteiger partial charge is 0.457 e. The van der Waals surface area contributed by atoms with Crippen LogP contribution in [0.3, 0.4) is 0 Å². The highest BCUT2D eigenvalue weighted by Gasteiger charge is 2.53. The average Bonchev–Trinajstić information content (AvgIpc) is 3.35. The molecule has 1 heterocycles. The fourth-order valence-corrected chi connectivity index (χ4v) is 7.21. The quantitative estimate of drug-likeness (QED) is 0.277. The smallest absolute Gasteiger partial charge is 0.244 e. The van der Waals surface area contributed by atoms with Gasteiger partial charge in [0.05, 0.1) is 11.0 Å². The normalized spacial score (nSPS) is 17.5. The molecular weight excluding hydrogens is 470 g/mol. The number of carbonyl (C=O) groups excluding carboxylic acids is 1. The van der Waals surface area contributed by atoms with Crippen molar-refractivity contribution >= 4 is 16.9 Å². The number of fused-ring (bicyclic) bond motifs is 1. The number of aromatic nitrogens is 2. The Kier molecular flexibility index (Phi) is 6.92. The van der Waals surface area contributed by atoms with Gasteiger partial charge in [-0.25, -0.2) is 4.98 Å². The summed E-state index contributed by atoms with van der Waals surface area (Å²) in [5, 5.41) is 0. The fourth-order valence-electron chi connectivity index (χ4n) is 7.21. The Bertz CT molecular complexity index is 1380. The minimum absolute atomic E-state index is 0.197. The van der Waals surface area contributed by atoms with Gasteiger partial charge in [-0.2, -0.15) is 0 Å². The number of ether oxygens (including phenoxy) is 1. The summed E-state index contributed by atoms with van der Waals surface area (Å²) in [4.78, 5) is 19.2. The maximum atomic E-state index is 14.0. The molecule has 0 atom stereocenters. The third kappa shape index (κ3) is 4.38. The summed E-state index contributed by atoms with van der Waals surface area (Å²) in [6.45, 7) is 0. The standard InChI is InChI=1S/C33H37N3O2/c34-32(37)33(25-14-4-1-5-15-25,26-16-6-2-7-17-26)36-30-22-11-10-21-29(30)35-31(36)24-13-12-20-28(23-24)38-27-18-8-3-9-19-27/h3,8-13,18-23,25-26H,1-2,4-7,14-17H2,(H2,34,37). The van der Waals surface area contributed by atoms with Crippen molar-refractivity contribution in [3.8, 4) is 22.9 Å². The summed E-state index contributed by atoms with van der Waals surface area (Å²) >= 11 is 0. The molecular formula is C33H37N3O2. The molecule has 2 saturated carbocycles. The molecule has 0 bridgehead atoms. The first kappa shape index (κ1) is 24.7. The van der Waals surface area contributed by atoms with Crippen LogP contribution in [0.4, 0.5) is 0 Å². The molecule has 0 saturated heterocycles. The first-order valence-electron chi connectivity index (χ1n) is 14.3. The molecule has 4 aromatic rings. The van der Waals surface area contributed by atoms with Gasteiger partial charge >= 0.3 is 0 Å². The van der Waals surface area contributed by atoms with Crippen LogP contribution in [0.1, 0.15) is 64.2 Å². The number of nitrogens with two attached hydrogens (primary N) is 1. The highest BCUT2D eigenvalue weighted by Crippen LogP contribution is 2.50. The second-order valence-electron chi connectivity index (χ2n) is 11.1. The first-order chi connectivity index (χ1) is 18.7. The third-order valence-electron chi connectivity index (χ3n) is 8.85. The Morgan fingerprint density at radius 1 is 0.763 bits per heavy atom. The third-order valence-corrected chi connectivity index (χ3v) is 8.85. The van der Waals surface area contributed by atoms with E-state index < -0.39 is 5.54 Å². The SMILES string of the molecule is NC(=O)C(C1CCCCC1)(C1CCCCC1)n1c(-c2cccc(Oc3ccccc3)c2)nc2ccccc21. The maximum absolute atomic E-state index is 14.0. The number of hydrogen-bond acceptors (Lipinski definition) is 3. The van der Waals surface area contributed by atoms with Crippen LogP contribution < -0.4 is 10.5 Å². The van der Waals surface area contributed by atoms with Crippen LogP contribution in [0.5, 0.6) is 11.5 Å². The second-order valence-corrected chi connectivity index (χ2v) is 11.1. The van der Waals surface area contributed by atoms with E-state index in [2.05, 4.69) is 16.7 Å². The van der Waals surface area contributed by atoms with Crippen molar-refractivity contribution in [1.82, 2.24) is 9.55 Å². The topological polar surface area (TPSA) is 70.1 Å². The molecule has 2 aliphatic rings. The van der Waals surface area contributed by atoms with Gasteiger partial charge in [-0.15, -0.1) is 0 Å². The zero-order chi connectivity index (χ0) is 26.0. The number of primary amides is 1. The van der Waals surface area contributed by atoms with E-state index >= 15 is 0 Å². The summed E-state index contributed by atoms with van der Waals surface area (Å²) < 4.78 is 8.47. The minimum atomic E-state index is -0.803. The van der Waals surface area contributed by atoms with Crippen molar-refractivity contribution < 1.29 is 9.53 Å². The van der Waals surface area contributed by atoms with Gasteiger partial charge in [0.25, 0.3) is 0 Å². The molecule has 0 spiro atoms. The van der Waals surface area contributed by atoms with E-state index in [1.807, 2.05) is 66.7 Å². The lowest BCUT2D eigenvalue weighted by Crippen LogP contribution is -2.58. The lowest BCUT2D eigenvalue weighted by atomic mass is 9.63. The van der Waals surface area contributed by atoms with Crippen LogP contribution in [0.25, 0.3) is 22.4 Å². The molecule has 0 unspecified atom stereocenters. The van der Waals surface area contributed by atoms with E-state index in [1.165, 1.54) is 12.8 Å². The molecule has 5 heteroatoms. The summed E-state index contributed by atoms with van der Waals surface area (Å²) in [5.41, 5.74) is 8.61. The Balaban J connectivity index is 1.56. The van der Waals surface area contributed by atoms with Crippen molar-refractivity contribution in [2.24, 2.45) is 17.6 Å². The molecule has 1 amide bonds. The van der Waals surface area contributed by atoms with Crippen LogP contribution >= 0.6 is 0 Å². The first-order valence-corrected chi connectivity index (χ1v) is 14.3. The predicted molar refractivity (Wildman–Crippen MR) is 152 cm³/mol. The van der Waals surface area contributed by atoms with Gasteiger partial charge in [-0.1, -0.05) is 81.0 Å². The molecule has 196 valence electrons. The van der Waals surface area contributed by atoms with Gasteiger partial charge in [0.15, 0.2) is 0 Å². The molecule has 38 heavy (non-hydrogen) atoms. The molecule has 3 aromatic carbocycles. The monoisotopic (exact) mass is 507 g/mol. The van der Waals surface area contributed by atoms with Crippen LogP contribution in [0.2, 0.25) is 0 Å². The summed E-state index contributed by atoms with van der Waals surface area (Å²) in [7, 11) is 0. The van der Waals surface area contributed by atoms with Crippen LogP contribution in [-0.2, 0) is 10.3 Å². The molecule has 6 rings (SSSR count). The van der Waals surface area contributed by atoms with Crippen molar-refractivity contribution in [1.29, 1.82) is 0 Å². The number of benzene rings is 3. The van der Waals surface area contributed by atoms with E-state index in [9.17, 15) is 4.79 Å². The van der Waals surface area contributed by atoms with Crippen molar-refractivity contribution in [2.75, 3.05) is 0 Å². The maximum Gasteiger partial charge on any atom is 0.244 e. The minimum Gasteiger partial charge on any atom is -0.457 e. The number of amides is 1. The molecule has 0 aliphatic heterocycles. The van der Waals surface area contributed by atoms with Gasteiger partial charge < -0.3 is 15.0 Å². The van der Waals surface area contributed by atoms with Crippen molar-refractivity contribution in [3.05, 3.63) is 78.9 Å². The summed E-state index contributed by atoms with van der Waals surface area (Å²) in [6.07, 6.45) is 11.2. The van der Waals surface area contributed by atoms with E-state index in [1.54, 1.807) is 0 Å². The van der Waals surface area contributed by atoms with E-state index in [0.29, 0.717) is 0 Å². The molecule has 2 aliphatic carbocycles. The number of rotatable bonds is 7. The summed E-state index contributed by atoms with van der Waals surface area (Å²) in [6, 6.07) is 26.1. The number of imidazole rings is 1. The highest BCUT2D eigenvalue weighted by atomic mass is 16.5. The molecule has 2 N–H and O–H groups in total. The second kappa shape index (κ2) is 10.6. The molecule has 0 radical (unpaired) electrons. The molecule has 1 aromatic heterocycles. The Hall–Kier alpha value is -3.60. The number of carbonyl (C=O) groups is 1. The highest BCUT2D eigenvalue weighted by molar-refractivity contribution is 5.90. The zero-order valence-electron chi connectivity index (χ0n) is 22.0. The van der Waals surface area contributed by atoms with Crippen molar-refractivity contribution in [2.45, 2.75) is 69.7 Å². The van der Waals surface area contributed by atoms with Gasteiger partial charge in [0, 0.05) is 5.56 Å². The van der Waals surface area contributed by atoms with Crippen LogP contribution in [0, 0.1) is 11.8 Å². The Morgan fingerprint density at radius 3 is 2.03 bits per heavy atom. The average molecular weight is 508 g/mol. The van der Waals surface area contributed by atoms with Gasteiger partial charge in [-0.05, 0) is 73.9 Å². The van der Waals surface area contributed by atoms with Crippen LogP contribution in [0.15, 0.2) is 78.9 Å². The lowest BCUT2D eigenvalue weighted by molar-refractivity contribution is -0.135. The number of nitrogens with zero attached hydrogens (tertiary/aromatic N) is 2. The zero-order valence-corrected chi connectivity index (χ0v) is 22.0. The predicted octanol–water partition coefficient (Wildman–Crippen LogP) is 7.84. The van der Waals surface area contributed by atoms with Crippen molar-refractivity contribution in [3.63, 3.8) is 0 Å². The van der Waals surface area contributed by atoms with Gasteiger partial charge in [-0.3, -0.25) is 4.79 Å². The van der Waals surface area contributed by atoms with Gasteiger partial charge in [0.1, 0.15) is 22.9 Å². The van der Waals surface area contributed by atoms with Gasteiger partial charge in [0.2, 0.25) is 5.91 Å². The van der Waals surface area contributed by atoms with E-state index in [0.717, 1.165) is 85.3 Å². The fraction of sp³-hybridized carbons (Fsp3) is 0.394. The van der Waals surface area contributed by atoms with E-state index in [-0.39, 0.29) is 17.7 Å². The Labute approximate surface area is 225 Å². The molecule has 5 nitrogen and oxygen atoms in total. The van der Waals surface area contributed by atoms with Crippen LogP contribution in [-0.4, -0.2) is 15.5 Å². The number of para-hydroxylation sites is 3.